The maximum absolute atomic E-state index is 12.7. The van der Waals surface area contributed by atoms with Crippen LogP contribution in [0.3, 0.4) is 0 Å². The number of ether oxygens (including phenoxy) is 1. The lowest BCUT2D eigenvalue weighted by Gasteiger charge is -2.33. The number of carbonyl (C=O) groups is 1. The Morgan fingerprint density at radius 3 is 2.31 bits per heavy atom. The van der Waals surface area contributed by atoms with Crippen molar-refractivity contribution < 1.29 is 17.9 Å². The number of carbonyl (C=O) groups excluding carboxylic acids is 1. The molecule has 0 unspecified atom stereocenters. The second-order valence-electron chi connectivity index (χ2n) is 6.91. The van der Waals surface area contributed by atoms with Crippen molar-refractivity contribution >= 4 is 21.6 Å². The van der Waals surface area contributed by atoms with Gasteiger partial charge in [0.05, 0.1) is 18.6 Å². The summed E-state index contributed by atoms with van der Waals surface area (Å²) in [7, 11) is -1.78. The van der Waals surface area contributed by atoms with Crippen LogP contribution >= 0.6 is 0 Å². The van der Waals surface area contributed by atoms with Crippen molar-refractivity contribution in [2.45, 2.75) is 51.5 Å². The highest BCUT2D eigenvalue weighted by Gasteiger charge is 2.27. The third-order valence-corrected chi connectivity index (χ3v) is 5.93. The molecule has 2 rings (SSSR count). The molecule has 1 saturated carbocycles. The first kappa shape index (κ1) is 20.6. The molecule has 1 aliphatic rings. The number of amides is 1. The predicted octanol–water partition coefficient (Wildman–Crippen LogP) is 3.03. The molecule has 0 radical (unpaired) electrons. The zero-order valence-electron chi connectivity index (χ0n) is 16.0. The maximum atomic E-state index is 12.7. The van der Waals surface area contributed by atoms with Gasteiger partial charge in [0.1, 0.15) is 12.3 Å². The van der Waals surface area contributed by atoms with Gasteiger partial charge in [-0.1, -0.05) is 26.2 Å². The van der Waals surface area contributed by atoms with Crippen LogP contribution in [0.5, 0.6) is 5.75 Å². The average Bonchev–Trinajstić information content (AvgIpc) is 2.64. The van der Waals surface area contributed by atoms with Crippen LogP contribution in [0.4, 0.5) is 5.69 Å². The Bertz CT molecular complexity index is 682. The molecule has 0 aromatic heterocycles. The van der Waals surface area contributed by atoms with E-state index in [0.717, 1.165) is 42.7 Å². The third-order valence-electron chi connectivity index (χ3n) is 4.79. The summed E-state index contributed by atoms with van der Waals surface area (Å²) in [5.41, 5.74) is 0.474. The molecule has 0 bridgehead atoms. The molecule has 0 spiro atoms. The predicted molar refractivity (Wildman–Crippen MR) is 104 cm³/mol. The number of nitrogens with zero attached hydrogens (tertiary/aromatic N) is 2. The van der Waals surface area contributed by atoms with E-state index in [9.17, 15) is 13.2 Å². The van der Waals surface area contributed by atoms with Crippen LogP contribution in [-0.2, 0) is 14.8 Å². The molecular formula is C19H30N2O4S. The molecule has 0 aliphatic heterocycles. The van der Waals surface area contributed by atoms with Crippen LogP contribution in [-0.4, -0.2) is 51.7 Å². The van der Waals surface area contributed by atoms with Gasteiger partial charge in [0, 0.05) is 13.1 Å². The van der Waals surface area contributed by atoms with Crippen LogP contribution in [0.15, 0.2) is 24.3 Å². The second kappa shape index (κ2) is 9.26. The van der Waals surface area contributed by atoms with E-state index in [1.807, 2.05) is 6.92 Å². The van der Waals surface area contributed by atoms with Crippen molar-refractivity contribution in [3.05, 3.63) is 24.3 Å². The lowest BCUT2D eigenvalue weighted by atomic mass is 9.94. The van der Waals surface area contributed by atoms with Gasteiger partial charge in [0.15, 0.2) is 0 Å². The maximum Gasteiger partial charge on any atom is 0.243 e. The van der Waals surface area contributed by atoms with E-state index < -0.39 is 10.0 Å². The Balaban J connectivity index is 2.11. The van der Waals surface area contributed by atoms with Crippen molar-refractivity contribution in [2.24, 2.45) is 0 Å². The van der Waals surface area contributed by atoms with Crippen molar-refractivity contribution in [3.63, 3.8) is 0 Å². The molecule has 1 fully saturated rings. The molecule has 1 amide bonds. The van der Waals surface area contributed by atoms with E-state index in [-0.39, 0.29) is 18.5 Å². The molecule has 7 heteroatoms. The molecule has 0 N–H and O–H groups in total. The minimum absolute atomic E-state index is 0.173. The standard InChI is InChI=1S/C19H30N2O4S/c1-4-14-25-18-12-10-17(11-13-18)21(26(3,23)24)15-19(22)20(2)16-8-6-5-7-9-16/h10-13,16H,4-9,14-15H2,1-3H3. The van der Waals surface area contributed by atoms with Gasteiger partial charge >= 0.3 is 0 Å². The van der Waals surface area contributed by atoms with Gasteiger partial charge in [0.25, 0.3) is 0 Å². The fraction of sp³-hybridized carbons (Fsp3) is 0.632. The van der Waals surface area contributed by atoms with Crippen LogP contribution in [0.25, 0.3) is 0 Å². The van der Waals surface area contributed by atoms with Gasteiger partial charge in [-0.05, 0) is 43.5 Å². The first-order chi connectivity index (χ1) is 12.3. The molecule has 0 atom stereocenters. The first-order valence-electron chi connectivity index (χ1n) is 9.29. The fourth-order valence-corrected chi connectivity index (χ4v) is 4.08. The molecule has 146 valence electrons. The summed E-state index contributed by atoms with van der Waals surface area (Å²) in [6, 6.07) is 7.04. The highest BCUT2D eigenvalue weighted by molar-refractivity contribution is 7.92. The quantitative estimate of drug-likeness (QED) is 0.693. The highest BCUT2D eigenvalue weighted by atomic mass is 32.2. The normalized spacial score (nSPS) is 15.5. The van der Waals surface area contributed by atoms with E-state index in [2.05, 4.69) is 0 Å². The molecule has 1 aromatic rings. The summed E-state index contributed by atoms with van der Waals surface area (Å²) in [5.74, 6) is 0.517. The number of anilines is 1. The van der Waals surface area contributed by atoms with Gasteiger partial charge in [-0.3, -0.25) is 9.10 Å². The zero-order chi connectivity index (χ0) is 19.2. The van der Waals surface area contributed by atoms with Crippen molar-refractivity contribution in [2.75, 3.05) is 30.8 Å². The van der Waals surface area contributed by atoms with E-state index in [0.29, 0.717) is 18.0 Å². The topological polar surface area (TPSA) is 66.9 Å². The molecular weight excluding hydrogens is 352 g/mol. The molecule has 6 nitrogen and oxygen atoms in total. The van der Waals surface area contributed by atoms with Crippen molar-refractivity contribution in [1.82, 2.24) is 4.90 Å². The summed E-state index contributed by atoms with van der Waals surface area (Å²) in [6.07, 6.45) is 7.46. The van der Waals surface area contributed by atoms with E-state index in [1.54, 1.807) is 36.2 Å². The number of hydrogen-bond acceptors (Lipinski definition) is 4. The van der Waals surface area contributed by atoms with Crippen molar-refractivity contribution in [1.29, 1.82) is 0 Å². The molecule has 0 heterocycles. The molecule has 0 saturated heterocycles. The Labute approximate surface area is 157 Å². The van der Waals surface area contributed by atoms with Crippen LogP contribution in [0.2, 0.25) is 0 Å². The van der Waals surface area contributed by atoms with E-state index >= 15 is 0 Å². The molecule has 26 heavy (non-hydrogen) atoms. The number of rotatable bonds is 8. The van der Waals surface area contributed by atoms with Gasteiger partial charge in [-0.15, -0.1) is 0 Å². The Hall–Kier alpha value is -1.76. The lowest BCUT2D eigenvalue weighted by Crippen LogP contribution is -2.45. The Kier molecular flexibility index (Phi) is 7.32. The first-order valence-corrected chi connectivity index (χ1v) is 11.1. The Morgan fingerprint density at radius 2 is 1.77 bits per heavy atom. The molecule has 1 aliphatic carbocycles. The monoisotopic (exact) mass is 382 g/mol. The summed E-state index contributed by atoms with van der Waals surface area (Å²) >= 11 is 0. The SMILES string of the molecule is CCCOc1ccc(N(CC(=O)N(C)C2CCCCC2)S(C)(=O)=O)cc1. The average molecular weight is 383 g/mol. The largest absolute Gasteiger partial charge is 0.494 e. The second-order valence-corrected chi connectivity index (χ2v) is 8.82. The Morgan fingerprint density at radius 1 is 1.15 bits per heavy atom. The smallest absolute Gasteiger partial charge is 0.243 e. The minimum atomic E-state index is -3.56. The number of hydrogen-bond donors (Lipinski definition) is 0. The lowest BCUT2D eigenvalue weighted by molar-refractivity contribution is -0.130. The van der Waals surface area contributed by atoms with E-state index in [1.165, 1.54) is 6.42 Å². The fourth-order valence-electron chi connectivity index (χ4n) is 3.23. The summed E-state index contributed by atoms with van der Waals surface area (Å²) in [5, 5.41) is 0. The minimum Gasteiger partial charge on any atom is -0.494 e. The van der Waals surface area contributed by atoms with E-state index in [4.69, 9.17) is 4.74 Å². The van der Waals surface area contributed by atoms with Crippen LogP contribution in [0, 0.1) is 0 Å². The number of benzene rings is 1. The van der Waals surface area contributed by atoms with Gasteiger partial charge < -0.3 is 9.64 Å². The van der Waals surface area contributed by atoms with Gasteiger partial charge in [-0.2, -0.15) is 0 Å². The van der Waals surface area contributed by atoms with Crippen LogP contribution in [0.1, 0.15) is 45.4 Å². The number of sulfonamides is 1. The zero-order valence-corrected chi connectivity index (χ0v) is 16.8. The summed E-state index contributed by atoms with van der Waals surface area (Å²) < 4.78 is 31.2. The van der Waals surface area contributed by atoms with Crippen molar-refractivity contribution in [3.8, 4) is 5.75 Å². The van der Waals surface area contributed by atoms with Gasteiger partial charge in [-0.25, -0.2) is 8.42 Å². The highest BCUT2D eigenvalue weighted by Crippen LogP contribution is 2.24. The summed E-state index contributed by atoms with van der Waals surface area (Å²) in [4.78, 5) is 14.4. The summed E-state index contributed by atoms with van der Waals surface area (Å²) in [6.45, 7) is 2.45. The van der Waals surface area contributed by atoms with Crippen LogP contribution < -0.4 is 9.04 Å². The third kappa shape index (κ3) is 5.62. The van der Waals surface area contributed by atoms with Gasteiger partial charge in [0.2, 0.25) is 15.9 Å². The number of likely N-dealkylation sites (N-methyl/N-ethyl adjacent to an activating group) is 1. The molecule has 1 aromatic carbocycles.